The number of esters is 2. The molecule has 8 N–H and O–H groups in total. The summed E-state index contributed by atoms with van der Waals surface area (Å²) in [5, 5.41) is 111. The van der Waals surface area contributed by atoms with Crippen LogP contribution < -0.4 is 4.74 Å². The zero-order chi connectivity index (χ0) is 102. The number of methoxy groups -OCH3 is 5. The van der Waals surface area contributed by atoms with Gasteiger partial charge in [0.05, 0.1) is 118 Å². The Morgan fingerprint density at radius 2 is 1.35 bits per heavy atom. The van der Waals surface area contributed by atoms with E-state index >= 15 is 5.21 Å². The van der Waals surface area contributed by atoms with Gasteiger partial charge in [-0.3, -0.25) is 9.59 Å². The van der Waals surface area contributed by atoms with E-state index < -0.39 is 303 Å². The van der Waals surface area contributed by atoms with E-state index in [1.165, 1.54) is 54.8 Å². The molecule has 14 aliphatic rings. The lowest BCUT2D eigenvalue weighted by Crippen LogP contribution is -2.69. The Labute approximate surface area is 832 Å². The van der Waals surface area contributed by atoms with Crippen LogP contribution >= 0.6 is 23.2 Å². The number of hydroxylamine groups is 1. The number of aliphatic hydroxyl groups excluding tert-OH is 6. The zero-order valence-electron chi connectivity index (χ0n) is 84.7. The maximum atomic E-state index is 15.9. The lowest BCUT2D eigenvalue weighted by molar-refractivity contribution is -0.567. The number of nitrogens with zero attached hydrogens (tertiary/aromatic N) is 2. The quantitative estimate of drug-likeness (QED) is 0.0148. The molecule has 141 heavy (non-hydrogen) atoms. The molecule has 13 fully saturated rings. The number of carbonyl (C=O) groups is 3. The molecular weight excluding hydrogens is 1900 g/mol. The Morgan fingerprint density at radius 3 is 2.04 bits per heavy atom. The van der Waals surface area contributed by atoms with Crippen LogP contribution in [0.15, 0.2) is 12.2 Å². The van der Waals surface area contributed by atoms with E-state index in [9.17, 15) is 55.2 Å². The summed E-state index contributed by atoms with van der Waals surface area (Å²) in [6.07, 6.45) is -33.2. The molecule has 1 aromatic carbocycles. The molecule has 13 aliphatic heterocycles. The lowest BCUT2D eigenvalue weighted by Gasteiger charge is -2.49. The Kier molecular flexibility index (Phi) is 35.0. The second-order valence-electron chi connectivity index (χ2n) is 42.2. The Bertz CT molecular complexity index is 4480. The predicted octanol–water partition coefficient (Wildman–Crippen LogP) is 5.19. The number of ketones is 1. The van der Waals surface area contributed by atoms with Crippen LogP contribution in [0, 0.1) is 47.6 Å². The topological polar surface area (TPSA) is 504 Å². The van der Waals surface area contributed by atoms with Crippen LogP contribution in [0.1, 0.15) is 184 Å². The smallest absolute Gasteiger partial charge is 0.342 e. The molecule has 13 heterocycles. The van der Waals surface area contributed by atoms with Gasteiger partial charge in [-0.25, -0.2) is 9.53 Å². The molecule has 802 valence electrons. The highest BCUT2D eigenvalue weighted by Crippen LogP contribution is 2.55. The van der Waals surface area contributed by atoms with E-state index in [1.807, 2.05) is 60.5 Å². The molecule has 0 aromatic heterocycles. The summed E-state index contributed by atoms with van der Waals surface area (Å²) in [5.41, 5.74) is -5.30. The molecule has 0 radical (unpaired) electrons. The lowest BCUT2D eigenvalue weighted by atomic mass is 9.73. The molecule has 15 rings (SSSR count). The van der Waals surface area contributed by atoms with Crippen LogP contribution in [0.4, 0.5) is 0 Å². The molecule has 3 unspecified atom stereocenters. The molecule has 0 bridgehead atoms. The van der Waals surface area contributed by atoms with Gasteiger partial charge in [0.2, 0.25) is 0 Å². The number of ether oxygens (including phenoxy) is 28. The van der Waals surface area contributed by atoms with E-state index in [0.29, 0.717) is 19.3 Å². The van der Waals surface area contributed by atoms with Crippen LogP contribution in [0.25, 0.3) is 0 Å². The van der Waals surface area contributed by atoms with Crippen molar-refractivity contribution in [3.8, 4) is 11.5 Å². The average Bonchev–Trinajstić information content (AvgIpc) is 1.57. The van der Waals surface area contributed by atoms with Gasteiger partial charge in [-0.2, -0.15) is 0 Å². The van der Waals surface area contributed by atoms with Crippen molar-refractivity contribution in [2.75, 3.05) is 76.3 Å². The normalized spacial score (nSPS) is 48.9. The van der Waals surface area contributed by atoms with Gasteiger partial charge in [0.25, 0.3) is 5.97 Å². The van der Waals surface area contributed by atoms with E-state index in [-0.39, 0.29) is 110 Å². The highest BCUT2D eigenvalue weighted by molar-refractivity contribution is 6.39. The first kappa shape index (κ1) is 111. The highest BCUT2D eigenvalue weighted by Gasteiger charge is 2.72. The van der Waals surface area contributed by atoms with Crippen molar-refractivity contribution >= 4 is 47.1 Å². The monoisotopic (exact) mass is 2050 g/mol. The first-order valence-electron chi connectivity index (χ1n) is 49.6. The zero-order valence-corrected chi connectivity index (χ0v) is 86.2. The van der Waals surface area contributed by atoms with Gasteiger partial charge >= 0.3 is 17.9 Å². The second kappa shape index (κ2) is 44.4. The van der Waals surface area contributed by atoms with E-state index in [0.717, 1.165) is 4.74 Å². The van der Waals surface area contributed by atoms with Crippen molar-refractivity contribution in [3.05, 3.63) is 38.5 Å². The summed E-state index contributed by atoms with van der Waals surface area (Å²) in [7, 11) is 10.6. The predicted molar refractivity (Wildman–Crippen MR) is 489 cm³/mol. The number of rotatable bonds is 26. The number of hydrogen-bond donors (Lipinski definition) is 8. The number of aliphatic hydroxyl groups is 7. The first-order valence-corrected chi connectivity index (χ1v) is 50.3. The molecule has 1 aliphatic carbocycles. The van der Waals surface area contributed by atoms with Gasteiger partial charge in [-0.1, -0.05) is 64.7 Å². The molecule has 2 spiro atoms. The number of allylic oxidation sites excluding steroid dienone is 1. The number of hydrogen-bond acceptors (Lipinski definition) is 41. The first-order chi connectivity index (χ1) is 66.6. The third-order valence-corrected chi connectivity index (χ3v) is 32.8. The number of aromatic hydroxyl groups is 1. The van der Waals surface area contributed by atoms with Crippen LogP contribution in [-0.2, 0) is 137 Å². The summed E-state index contributed by atoms with van der Waals surface area (Å²) in [6.45, 7) is 27.5. The molecule has 48 atom stereocenters. The minimum Gasteiger partial charge on any atom is -0.624 e. The number of phenols is 1. The van der Waals surface area contributed by atoms with Crippen molar-refractivity contribution < 1.29 is 193 Å². The van der Waals surface area contributed by atoms with Crippen molar-refractivity contribution in [1.29, 1.82) is 0 Å². The summed E-state index contributed by atoms with van der Waals surface area (Å²) in [6, 6.07) is -0.416. The van der Waals surface area contributed by atoms with Gasteiger partial charge in [0.1, 0.15) is 126 Å². The van der Waals surface area contributed by atoms with Crippen molar-refractivity contribution in [2.45, 2.75) is 430 Å². The van der Waals surface area contributed by atoms with Gasteiger partial charge in [0, 0.05) is 90.8 Å². The minimum absolute atomic E-state index is 0.00428. The fourth-order valence-corrected chi connectivity index (χ4v) is 24.2. The van der Waals surface area contributed by atoms with Gasteiger partial charge in [-0.05, 0) is 132 Å². The number of likely N-dealkylation sites (N-methyl/N-ethyl adjacent to an activating group) is 1. The van der Waals surface area contributed by atoms with Crippen LogP contribution in [0.3, 0.4) is 0 Å². The van der Waals surface area contributed by atoms with E-state index in [1.54, 1.807) is 68.4 Å². The standard InChI is InChI=1S/C97H150Cl2N2O40/c1-24-59-46(7)83-93(15,139-83)27-25-56(102)41(2)29-53(74(45(6)57(103)32-63(105)128-59)133-89-69(106)55(100(17)18)31-43(4)123-89)26-28-101(113)92(14)34-54(30-42(3)82(92)118-23)127-60-33-64(124-49(10)77(60)132-87(111)66-47(8)67(98)70(107)68(99)80(66)116-21)130-76-50(11)136-96(35-58(76)104)140-84-51(12)125-65(36-94(84,16)141-96)131-75-44(5)48(9)126-90(72(75)109)134-78-61(37-114-19)129-91(81(117-22)71(78)108)135-88-73(110)79-62(38-119-88)137-97(138-79)86-85(120-40-121-86)95(112,39-122-97)52(13)115-20/h25,27-28,41-46,48-55,57-62,64-65,69,71-79,81-86,88-91,103-104,106-110,112H,24,26,29-40H2,1-23H3/b27-25+,101-28-/t41-,42+,43-,44-,45+,46-,48+,49+,50+,51+,52?,53+,54+,55?,57-,58+,59-,60+,61+,62+,64-,65-,69-,71-,72+,73+,74-,75-,76+,77+,78+,79-,81-,82-,83+,84+,85+,86+,88-,89+,90-,91-,92-,93+,94+,95?,96+,97+/m0/s1. The average molecular weight is 2060 g/mol. The molecule has 1 saturated carbocycles. The SMILES string of the molecule is CC[C@@H]1OC(=O)C[C@H](O)[C@@H](C)[C@H](O[C@H]2O[C@@H](C)CC(N(C)C)[C@@H]2O)[C@H](C/C=[N+](\[O-])[C@@]2(C)C[C@H](O[C@@H]3C[C@H](O[C@H]4[C@H](O)C[C@]5(O[C@@H]6[C@@H](C)O[C@@H](O[C@H]7[C@@H](C)[C@@H](C)O[C@@H](O[C@H]8[C@H](O)[C@H](OC)[C@H](O[C@@H]9OC[C@H]%10O[C@@]%11(OCC(O)(C(C)OC)[C@@H]%12OCO[C@H]%12%11)O[C@@H]%10[C@H]9O)O[C@@H]8COC)[C@@H]7O)C[C@@]6(C)O5)O[C@@H]4C)O[C@H](C)[C@H]3OC(=O)c3c(C)c(Cl)c(O)c(Cl)c3OC)C[C@@H](C)[C@@H]2OC)C[C@H](C)C(=O)/C=C/[C@@]2(C)O[C@@H]2[C@H]1C. The fourth-order valence-electron chi connectivity index (χ4n) is 23.7. The van der Waals surface area contributed by atoms with E-state index in [2.05, 4.69) is 0 Å². The Hall–Kier alpha value is -4.10. The molecule has 1 aromatic rings. The minimum atomic E-state index is -1.92. The molecular formula is C97H150Cl2N2O40. The van der Waals surface area contributed by atoms with Crippen molar-refractivity contribution in [1.82, 2.24) is 4.90 Å². The molecule has 44 heteroatoms. The number of fused-ring (bicyclic) bond motifs is 5. The van der Waals surface area contributed by atoms with E-state index in [4.69, 9.17) is 156 Å². The molecule has 12 saturated heterocycles. The maximum Gasteiger partial charge on any atom is 0.342 e. The maximum absolute atomic E-state index is 15.9. The van der Waals surface area contributed by atoms with Crippen LogP contribution in [-0.4, -0.2) is 406 Å². The number of benzene rings is 1. The summed E-state index contributed by atoms with van der Waals surface area (Å²) >= 11 is 13.2. The molecule has 0 amide bonds. The second-order valence-corrected chi connectivity index (χ2v) is 42.9. The van der Waals surface area contributed by atoms with Crippen molar-refractivity contribution in [2.24, 2.45) is 35.5 Å². The Balaban J connectivity index is 0.625. The van der Waals surface area contributed by atoms with Gasteiger partial charge < -0.3 is 184 Å². The highest BCUT2D eigenvalue weighted by atomic mass is 35.5. The number of cyclic esters (lactones) is 1. The van der Waals surface area contributed by atoms with Crippen molar-refractivity contribution in [3.63, 3.8) is 0 Å². The summed E-state index contributed by atoms with van der Waals surface area (Å²) in [4.78, 5) is 45.4. The Morgan fingerprint density at radius 1 is 0.652 bits per heavy atom. The van der Waals surface area contributed by atoms with Crippen LogP contribution in [0.2, 0.25) is 10.0 Å². The number of epoxide rings is 1. The fraction of sp³-hybridized carbons (Fsp3) is 0.876. The van der Waals surface area contributed by atoms with Crippen LogP contribution in [0.5, 0.6) is 11.5 Å². The third kappa shape index (κ3) is 22.1. The largest absolute Gasteiger partial charge is 0.624 e. The summed E-state index contributed by atoms with van der Waals surface area (Å²) < 4.78 is 178. The number of carbonyl (C=O) groups excluding carboxylic acids is 3. The number of phenolic OH excluding ortho intramolecular Hbond substituents is 1. The molecule has 42 nitrogen and oxygen atoms in total. The summed E-state index contributed by atoms with van der Waals surface area (Å²) in [5.74, 6) is -10.0. The third-order valence-electron chi connectivity index (χ3n) is 32.0. The van der Waals surface area contributed by atoms with Gasteiger partial charge in [-0.15, -0.1) is 0 Å². The number of halogens is 2. The van der Waals surface area contributed by atoms with Gasteiger partial charge in [0.15, 0.2) is 79.0 Å².